The van der Waals surface area contributed by atoms with Crippen LogP contribution >= 0.6 is 0 Å². The van der Waals surface area contributed by atoms with Crippen molar-refractivity contribution in [2.24, 2.45) is 0 Å². The molecule has 3 aromatic rings. The van der Waals surface area contributed by atoms with Gasteiger partial charge in [0.2, 0.25) is 0 Å². The van der Waals surface area contributed by atoms with Crippen molar-refractivity contribution in [2.75, 3.05) is 11.9 Å². The van der Waals surface area contributed by atoms with Crippen LogP contribution < -0.4 is 10.1 Å². The Balaban J connectivity index is 1.86. The highest BCUT2D eigenvalue weighted by atomic mass is 16.6. The average Bonchev–Trinajstić information content (AvgIpc) is 3.06. The Labute approximate surface area is 176 Å². The van der Waals surface area contributed by atoms with Crippen molar-refractivity contribution in [3.05, 3.63) is 88.5 Å². The molecule has 0 fully saturated rings. The van der Waals surface area contributed by atoms with Gasteiger partial charge >= 0.3 is 5.97 Å². The van der Waals surface area contributed by atoms with Crippen LogP contribution in [0.5, 0.6) is 11.5 Å². The molecule has 2 aliphatic rings. The molecule has 0 radical (unpaired) electrons. The standard InChI is InChI=1S/C26H25NO3/c1-3-5-10-17-15-16-22-23(24(17)27-4-2)26(20-13-8-9-14-21(20)29-22)19-12-7-6-11-18(19)25(28)30-26/h6-9,11-16,27H,3-5,10H2,1-2H3. The number of anilines is 1. The van der Waals surface area contributed by atoms with Gasteiger partial charge in [-0.05, 0) is 43.5 Å². The summed E-state index contributed by atoms with van der Waals surface area (Å²) in [4.78, 5) is 13.0. The van der Waals surface area contributed by atoms with Gasteiger partial charge in [0.15, 0.2) is 5.60 Å². The predicted octanol–water partition coefficient (Wildman–Crippen LogP) is 6.03. The Hall–Kier alpha value is -3.27. The molecular formula is C26H25NO3. The summed E-state index contributed by atoms with van der Waals surface area (Å²) < 4.78 is 12.6. The Kier molecular flexibility index (Phi) is 4.50. The molecule has 1 N–H and O–H groups in total. The largest absolute Gasteiger partial charge is 0.456 e. The number of unbranched alkanes of at least 4 members (excludes halogenated alkanes) is 1. The molecule has 0 amide bonds. The first-order valence-electron chi connectivity index (χ1n) is 10.7. The summed E-state index contributed by atoms with van der Waals surface area (Å²) >= 11 is 0. The number of carbonyl (C=O) groups excluding carboxylic acids is 1. The molecule has 1 atom stereocenters. The average molecular weight is 399 g/mol. The molecule has 5 rings (SSSR count). The summed E-state index contributed by atoms with van der Waals surface area (Å²) in [6.07, 6.45) is 3.17. The van der Waals surface area contributed by atoms with Crippen molar-refractivity contribution in [3.63, 3.8) is 0 Å². The Morgan fingerprint density at radius 3 is 2.47 bits per heavy atom. The normalized spacial score (nSPS) is 18.3. The van der Waals surface area contributed by atoms with Crippen molar-refractivity contribution in [1.29, 1.82) is 0 Å². The van der Waals surface area contributed by atoms with E-state index in [4.69, 9.17) is 9.47 Å². The number of aryl methyl sites for hydroxylation is 1. The van der Waals surface area contributed by atoms with Gasteiger partial charge in [0.05, 0.1) is 11.1 Å². The molecule has 152 valence electrons. The molecule has 30 heavy (non-hydrogen) atoms. The van der Waals surface area contributed by atoms with Crippen LogP contribution in [0, 0.1) is 0 Å². The third kappa shape index (κ3) is 2.56. The number of nitrogens with one attached hydrogen (secondary N) is 1. The minimum atomic E-state index is -1.02. The zero-order valence-corrected chi connectivity index (χ0v) is 17.3. The molecular weight excluding hydrogens is 374 g/mol. The molecule has 2 heterocycles. The van der Waals surface area contributed by atoms with Gasteiger partial charge in [0.1, 0.15) is 11.5 Å². The fourth-order valence-corrected chi connectivity index (χ4v) is 4.72. The summed E-state index contributed by atoms with van der Waals surface area (Å²) in [5.41, 5.74) is 4.47. The highest BCUT2D eigenvalue weighted by molar-refractivity contribution is 5.97. The molecule has 0 bridgehead atoms. The Morgan fingerprint density at radius 2 is 1.67 bits per heavy atom. The highest BCUT2D eigenvalue weighted by Gasteiger charge is 2.54. The molecule has 1 spiro atoms. The SMILES string of the molecule is CCCCc1ccc2c(c1NCC)C1(OC(=O)c3ccccc31)c1ccccc1O2. The number of esters is 1. The predicted molar refractivity (Wildman–Crippen MR) is 117 cm³/mol. The van der Waals surface area contributed by atoms with E-state index in [1.807, 2.05) is 54.6 Å². The van der Waals surface area contributed by atoms with Crippen LogP contribution in [0.25, 0.3) is 0 Å². The van der Waals surface area contributed by atoms with Crippen LogP contribution in [-0.4, -0.2) is 12.5 Å². The molecule has 0 saturated carbocycles. The van der Waals surface area contributed by atoms with E-state index in [0.29, 0.717) is 5.56 Å². The van der Waals surface area contributed by atoms with Crippen LogP contribution in [0.4, 0.5) is 5.69 Å². The number of carbonyl (C=O) groups is 1. The maximum Gasteiger partial charge on any atom is 0.340 e. The smallest absolute Gasteiger partial charge is 0.340 e. The van der Waals surface area contributed by atoms with Gasteiger partial charge in [-0.1, -0.05) is 55.8 Å². The number of fused-ring (bicyclic) bond motifs is 6. The second-order valence-corrected chi connectivity index (χ2v) is 7.82. The number of hydrogen-bond acceptors (Lipinski definition) is 4. The topological polar surface area (TPSA) is 47.6 Å². The maximum atomic E-state index is 13.0. The van der Waals surface area contributed by atoms with Crippen LogP contribution in [-0.2, 0) is 16.8 Å². The van der Waals surface area contributed by atoms with Crippen LogP contribution in [0.2, 0.25) is 0 Å². The second-order valence-electron chi connectivity index (χ2n) is 7.82. The zero-order valence-electron chi connectivity index (χ0n) is 17.3. The number of hydrogen-bond donors (Lipinski definition) is 1. The van der Waals surface area contributed by atoms with Crippen LogP contribution in [0.1, 0.15) is 59.3 Å². The van der Waals surface area contributed by atoms with Gasteiger partial charge in [-0.15, -0.1) is 0 Å². The van der Waals surface area contributed by atoms with E-state index >= 15 is 0 Å². The molecule has 0 aliphatic carbocycles. The number of para-hydroxylation sites is 1. The van der Waals surface area contributed by atoms with Crippen molar-refractivity contribution in [1.82, 2.24) is 0 Å². The quantitative estimate of drug-likeness (QED) is 0.532. The van der Waals surface area contributed by atoms with E-state index < -0.39 is 5.60 Å². The van der Waals surface area contributed by atoms with E-state index in [2.05, 4.69) is 25.2 Å². The lowest BCUT2D eigenvalue weighted by molar-refractivity contribution is 0.0226. The summed E-state index contributed by atoms with van der Waals surface area (Å²) in [6, 6.07) is 19.7. The highest BCUT2D eigenvalue weighted by Crippen LogP contribution is 2.58. The van der Waals surface area contributed by atoms with Crippen LogP contribution in [0.3, 0.4) is 0 Å². The lowest BCUT2D eigenvalue weighted by Gasteiger charge is -2.38. The van der Waals surface area contributed by atoms with Crippen LogP contribution in [0.15, 0.2) is 60.7 Å². The molecule has 0 saturated heterocycles. The monoisotopic (exact) mass is 399 g/mol. The van der Waals surface area contributed by atoms with Crippen molar-refractivity contribution in [3.8, 4) is 11.5 Å². The fourth-order valence-electron chi connectivity index (χ4n) is 4.72. The van der Waals surface area contributed by atoms with E-state index in [1.54, 1.807) is 0 Å². The van der Waals surface area contributed by atoms with Gasteiger partial charge in [-0.25, -0.2) is 4.79 Å². The first-order valence-corrected chi connectivity index (χ1v) is 10.7. The summed E-state index contributed by atoms with van der Waals surface area (Å²) in [7, 11) is 0. The second kappa shape index (κ2) is 7.21. The fraction of sp³-hybridized carbons (Fsp3) is 0.269. The molecule has 0 aromatic heterocycles. The summed E-state index contributed by atoms with van der Waals surface area (Å²) in [5.74, 6) is 1.15. The van der Waals surface area contributed by atoms with Gasteiger partial charge in [-0.3, -0.25) is 0 Å². The molecule has 2 aliphatic heterocycles. The van der Waals surface area contributed by atoms with Crippen molar-refractivity contribution in [2.45, 2.75) is 38.7 Å². The zero-order chi connectivity index (χ0) is 20.7. The molecule has 4 nitrogen and oxygen atoms in total. The van der Waals surface area contributed by atoms with Crippen molar-refractivity contribution >= 4 is 11.7 Å². The third-order valence-corrected chi connectivity index (χ3v) is 6.02. The van der Waals surface area contributed by atoms with Crippen molar-refractivity contribution < 1.29 is 14.3 Å². The summed E-state index contributed by atoms with van der Waals surface area (Å²) in [5, 5.41) is 3.57. The lowest BCUT2D eigenvalue weighted by Crippen LogP contribution is -2.34. The van der Waals surface area contributed by atoms with E-state index in [9.17, 15) is 4.79 Å². The Bertz CT molecular complexity index is 1140. The first kappa shape index (κ1) is 18.7. The first-order chi connectivity index (χ1) is 14.7. The number of rotatable bonds is 5. The number of ether oxygens (including phenoxy) is 2. The molecule has 1 unspecified atom stereocenters. The van der Waals surface area contributed by atoms with E-state index in [-0.39, 0.29) is 5.97 Å². The molecule has 3 aromatic carbocycles. The van der Waals surface area contributed by atoms with E-state index in [1.165, 1.54) is 5.56 Å². The Morgan fingerprint density at radius 1 is 0.900 bits per heavy atom. The minimum Gasteiger partial charge on any atom is -0.456 e. The number of benzene rings is 3. The van der Waals surface area contributed by atoms with Gasteiger partial charge in [0.25, 0.3) is 0 Å². The molecule has 4 heteroatoms. The van der Waals surface area contributed by atoms with Gasteiger partial charge in [0, 0.05) is 23.4 Å². The third-order valence-electron chi connectivity index (χ3n) is 6.02. The lowest BCUT2D eigenvalue weighted by atomic mass is 9.76. The van der Waals surface area contributed by atoms with Gasteiger partial charge < -0.3 is 14.8 Å². The van der Waals surface area contributed by atoms with E-state index in [0.717, 1.165) is 59.7 Å². The summed E-state index contributed by atoms with van der Waals surface area (Å²) in [6.45, 7) is 5.05. The maximum absolute atomic E-state index is 13.0. The van der Waals surface area contributed by atoms with Gasteiger partial charge in [-0.2, -0.15) is 0 Å². The minimum absolute atomic E-state index is 0.297.